The molecule has 2 fully saturated rings. The minimum absolute atomic E-state index is 0.209. The van der Waals surface area contributed by atoms with Gasteiger partial charge in [0, 0.05) is 32.1 Å². The molecule has 0 spiro atoms. The zero-order valence-electron chi connectivity index (χ0n) is 12.1. The molecule has 5 heteroatoms. The van der Waals surface area contributed by atoms with Gasteiger partial charge in [-0.25, -0.2) is 0 Å². The normalized spacial score (nSPS) is 27.3. The maximum absolute atomic E-state index is 12.0. The summed E-state index contributed by atoms with van der Waals surface area (Å²) in [5.74, 6) is -0.650. The minimum atomic E-state index is -0.680. The second-order valence-corrected chi connectivity index (χ2v) is 6.04. The van der Waals surface area contributed by atoms with Crippen molar-refractivity contribution in [2.45, 2.75) is 57.4 Å². The molecule has 2 atom stereocenters. The van der Waals surface area contributed by atoms with Crippen LogP contribution in [0.1, 0.15) is 51.4 Å². The van der Waals surface area contributed by atoms with Gasteiger partial charge in [-0.15, -0.1) is 0 Å². The van der Waals surface area contributed by atoms with E-state index in [2.05, 4.69) is 5.32 Å². The second-order valence-electron chi connectivity index (χ2n) is 6.04. The predicted molar refractivity (Wildman–Crippen MR) is 76.4 cm³/mol. The van der Waals surface area contributed by atoms with Gasteiger partial charge in [0.2, 0.25) is 5.91 Å². The summed E-state index contributed by atoms with van der Waals surface area (Å²) in [5.41, 5.74) is 0. The fourth-order valence-corrected chi connectivity index (χ4v) is 3.28. The van der Waals surface area contributed by atoms with Crippen LogP contribution in [0.2, 0.25) is 0 Å². The van der Waals surface area contributed by atoms with Crippen molar-refractivity contribution >= 4 is 11.9 Å². The molecule has 0 radical (unpaired) electrons. The highest BCUT2D eigenvalue weighted by molar-refractivity contribution is 5.76. The first-order valence-electron chi connectivity index (χ1n) is 7.91. The van der Waals surface area contributed by atoms with Gasteiger partial charge in [0.15, 0.2) is 0 Å². The van der Waals surface area contributed by atoms with E-state index < -0.39 is 5.97 Å². The quantitative estimate of drug-likeness (QED) is 0.804. The molecule has 20 heavy (non-hydrogen) atoms. The molecule has 1 amide bonds. The zero-order valence-corrected chi connectivity index (χ0v) is 12.1. The third kappa shape index (κ3) is 4.47. The first-order chi connectivity index (χ1) is 9.66. The fourth-order valence-electron chi connectivity index (χ4n) is 3.28. The highest BCUT2D eigenvalue weighted by Gasteiger charge is 2.26. The molecular weight excluding hydrogens is 256 g/mol. The Morgan fingerprint density at radius 3 is 2.55 bits per heavy atom. The Bertz CT molecular complexity index is 340. The smallest absolute Gasteiger partial charge is 0.306 e. The summed E-state index contributed by atoms with van der Waals surface area (Å²) in [5, 5.41) is 12.4. The molecule has 114 valence electrons. The van der Waals surface area contributed by atoms with Crippen LogP contribution in [0.3, 0.4) is 0 Å². The number of carboxylic acid groups (broad SMARTS) is 1. The van der Waals surface area contributed by atoms with E-state index in [0.717, 1.165) is 45.2 Å². The van der Waals surface area contributed by atoms with Crippen LogP contribution >= 0.6 is 0 Å². The Kier molecular flexibility index (Phi) is 5.83. The Morgan fingerprint density at radius 1 is 1.10 bits per heavy atom. The summed E-state index contributed by atoms with van der Waals surface area (Å²) in [7, 11) is 0. The molecule has 0 aromatic carbocycles. The number of carbonyl (C=O) groups is 2. The first-order valence-corrected chi connectivity index (χ1v) is 7.91. The molecule has 2 rings (SSSR count). The lowest BCUT2D eigenvalue weighted by Crippen LogP contribution is -2.40. The Balaban J connectivity index is 1.64. The van der Waals surface area contributed by atoms with Gasteiger partial charge in [-0.2, -0.15) is 0 Å². The summed E-state index contributed by atoms with van der Waals surface area (Å²) in [6.45, 7) is 2.49. The van der Waals surface area contributed by atoms with Crippen molar-refractivity contribution in [3.63, 3.8) is 0 Å². The lowest BCUT2D eigenvalue weighted by atomic mass is 9.86. The van der Waals surface area contributed by atoms with Crippen LogP contribution in [0.25, 0.3) is 0 Å². The van der Waals surface area contributed by atoms with E-state index >= 15 is 0 Å². The summed E-state index contributed by atoms with van der Waals surface area (Å²) in [4.78, 5) is 25.0. The third-order valence-electron chi connectivity index (χ3n) is 4.50. The predicted octanol–water partition coefficient (Wildman–Crippen LogP) is 1.62. The van der Waals surface area contributed by atoms with Crippen LogP contribution in [-0.2, 0) is 9.59 Å². The largest absolute Gasteiger partial charge is 0.481 e. The van der Waals surface area contributed by atoms with Crippen LogP contribution < -0.4 is 5.32 Å². The van der Waals surface area contributed by atoms with Gasteiger partial charge in [0.05, 0.1) is 5.92 Å². The average molecular weight is 282 g/mol. The van der Waals surface area contributed by atoms with Crippen molar-refractivity contribution in [3.05, 3.63) is 0 Å². The molecule has 0 bridgehead atoms. The number of hydrogen-bond donors (Lipinski definition) is 2. The van der Waals surface area contributed by atoms with Crippen molar-refractivity contribution in [1.82, 2.24) is 10.2 Å². The summed E-state index contributed by atoms with van der Waals surface area (Å²) < 4.78 is 0. The lowest BCUT2D eigenvalue weighted by Gasteiger charge is -2.29. The number of amides is 1. The number of piperidine rings is 1. The van der Waals surface area contributed by atoms with Crippen molar-refractivity contribution in [1.29, 1.82) is 0 Å². The first kappa shape index (κ1) is 15.3. The number of aliphatic carboxylic acids is 1. The molecule has 1 saturated carbocycles. The minimum Gasteiger partial charge on any atom is -0.481 e. The van der Waals surface area contributed by atoms with Gasteiger partial charge in [-0.1, -0.05) is 6.42 Å². The Hall–Kier alpha value is -1.10. The van der Waals surface area contributed by atoms with E-state index in [-0.39, 0.29) is 17.9 Å². The van der Waals surface area contributed by atoms with Gasteiger partial charge in [-0.05, 0) is 38.5 Å². The molecule has 0 aromatic rings. The number of nitrogens with one attached hydrogen (secondary N) is 1. The third-order valence-corrected chi connectivity index (χ3v) is 4.50. The molecule has 1 aliphatic heterocycles. The van der Waals surface area contributed by atoms with Crippen molar-refractivity contribution in [3.8, 4) is 0 Å². The molecule has 1 aliphatic carbocycles. The van der Waals surface area contributed by atoms with Crippen LogP contribution in [0, 0.1) is 5.92 Å². The molecule has 0 aromatic heterocycles. The number of likely N-dealkylation sites (tertiary alicyclic amines) is 1. The van der Waals surface area contributed by atoms with E-state index in [1.54, 1.807) is 0 Å². The van der Waals surface area contributed by atoms with Crippen LogP contribution in [0.15, 0.2) is 0 Å². The lowest BCUT2D eigenvalue weighted by molar-refractivity contribution is -0.143. The van der Waals surface area contributed by atoms with Crippen molar-refractivity contribution in [2.75, 3.05) is 19.6 Å². The maximum Gasteiger partial charge on any atom is 0.306 e. The Labute approximate surface area is 120 Å². The van der Waals surface area contributed by atoms with E-state index in [9.17, 15) is 9.59 Å². The standard InChI is InChI=1S/C15H26N2O3/c18-14(17-9-2-1-3-10-17)7-8-16-13-6-4-5-12(11-13)15(19)20/h12-13,16H,1-11H2,(H,19,20). The van der Waals surface area contributed by atoms with E-state index in [1.165, 1.54) is 6.42 Å². The van der Waals surface area contributed by atoms with Gasteiger partial charge in [0.25, 0.3) is 0 Å². The van der Waals surface area contributed by atoms with Crippen LogP contribution in [-0.4, -0.2) is 47.6 Å². The molecule has 2 N–H and O–H groups in total. The number of hydrogen-bond acceptors (Lipinski definition) is 3. The van der Waals surface area contributed by atoms with Gasteiger partial charge in [-0.3, -0.25) is 9.59 Å². The molecule has 1 heterocycles. The van der Waals surface area contributed by atoms with Gasteiger partial charge in [0.1, 0.15) is 0 Å². The van der Waals surface area contributed by atoms with Crippen molar-refractivity contribution < 1.29 is 14.7 Å². The van der Waals surface area contributed by atoms with Crippen LogP contribution in [0.5, 0.6) is 0 Å². The molecular formula is C15H26N2O3. The summed E-state index contributed by atoms with van der Waals surface area (Å²) in [6.07, 6.45) is 7.52. The molecule has 2 aliphatic rings. The fraction of sp³-hybridized carbons (Fsp3) is 0.867. The van der Waals surface area contributed by atoms with Crippen molar-refractivity contribution in [2.24, 2.45) is 5.92 Å². The summed E-state index contributed by atoms with van der Waals surface area (Å²) >= 11 is 0. The highest BCUT2D eigenvalue weighted by Crippen LogP contribution is 2.24. The van der Waals surface area contributed by atoms with E-state index in [1.807, 2.05) is 4.90 Å². The van der Waals surface area contributed by atoms with Crippen LogP contribution in [0.4, 0.5) is 0 Å². The average Bonchev–Trinajstić information content (AvgIpc) is 2.48. The number of carbonyl (C=O) groups excluding carboxylic acids is 1. The second kappa shape index (κ2) is 7.62. The monoisotopic (exact) mass is 282 g/mol. The SMILES string of the molecule is O=C(O)C1CCCC(NCCC(=O)N2CCCCC2)C1. The Morgan fingerprint density at radius 2 is 1.85 bits per heavy atom. The topological polar surface area (TPSA) is 69.6 Å². The molecule has 2 unspecified atom stereocenters. The highest BCUT2D eigenvalue weighted by atomic mass is 16.4. The zero-order chi connectivity index (χ0) is 14.4. The number of rotatable bonds is 5. The maximum atomic E-state index is 12.0. The van der Waals surface area contributed by atoms with Gasteiger partial charge >= 0.3 is 5.97 Å². The summed E-state index contributed by atoms with van der Waals surface area (Å²) in [6, 6.07) is 0.263. The number of nitrogens with zero attached hydrogens (tertiary/aromatic N) is 1. The van der Waals surface area contributed by atoms with E-state index in [0.29, 0.717) is 19.4 Å². The molecule has 5 nitrogen and oxygen atoms in total. The molecule has 1 saturated heterocycles. The van der Waals surface area contributed by atoms with Gasteiger partial charge < -0.3 is 15.3 Å². The number of carboxylic acids is 1. The van der Waals surface area contributed by atoms with E-state index in [4.69, 9.17) is 5.11 Å².